The van der Waals surface area contributed by atoms with Crippen molar-refractivity contribution in [1.82, 2.24) is 16.0 Å². The van der Waals surface area contributed by atoms with Gasteiger partial charge in [0, 0.05) is 6.42 Å². The van der Waals surface area contributed by atoms with E-state index in [0.29, 0.717) is 6.42 Å². The molecule has 0 aromatic rings. The highest BCUT2D eigenvalue weighted by atomic mass is 16.4. The average molecular weight is 418 g/mol. The van der Waals surface area contributed by atoms with Crippen molar-refractivity contribution in [3.8, 4) is 0 Å². The number of hydrogen-bond donors (Lipinski definition) is 7. The van der Waals surface area contributed by atoms with Gasteiger partial charge in [0.05, 0.1) is 18.7 Å². The molecule has 0 aliphatic carbocycles. The number of rotatable bonds is 13. The van der Waals surface area contributed by atoms with Crippen LogP contribution in [-0.4, -0.2) is 75.8 Å². The molecule has 12 nitrogen and oxygen atoms in total. The van der Waals surface area contributed by atoms with E-state index in [-0.39, 0.29) is 12.3 Å². The summed E-state index contributed by atoms with van der Waals surface area (Å²) in [5, 5.41) is 33.9. The number of aliphatic hydroxyl groups excluding tert-OH is 1. The third kappa shape index (κ3) is 9.85. The van der Waals surface area contributed by atoms with Crippen LogP contribution in [0.5, 0.6) is 0 Å². The van der Waals surface area contributed by atoms with E-state index in [1.165, 1.54) is 0 Å². The molecule has 5 atom stereocenters. The van der Waals surface area contributed by atoms with Crippen molar-refractivity contribution >= 4 is 29.7 Å². The van der Waals surface area contributed by atoms with Gasteiger partial charge in [-0.15, -0.1) is 0 Å². The van der Waals surface area contributed by atoms with E-state index in [1.807, 2.05) is 12.2 Å². The summed E-state index contributed by atoms with van der Waals surface area (Å²) in [6.07, 6.45) is -1.56. The van der Waals surface area contributed by atoms with E-state index in [1.54, 1.807) is 6.92 Å². The molecule has 0 aromatic heterocycles. The molecule has 0 bridgehead atoms. The SMILES string of the molecule is CCC(C)C(N)C(=O)NCC(=O)NC(CCC(=O)O)C(=O)NC(C(=O)O)C(C)O. The van der Waals surface area contributed by atoms with Crippen LogP contribution in [0.3, 0.4) is 0 Å². The van der Waals surface area contributed by atoms with Crippen molar-refractivity contribution in [3.63, 3.8) is 0 Å². The number of aliphatic carboxylic acids is 2. The van der Waals surface area contributed by atoms with Gasteiger partial charge < -0.3 is 37.0 Å². The van der Waals surface area contributed by atoms with Gasteiger partial charge in [-0.25, -0.2) is 4.79 Å². The van der Waals surface area contributed by atoms with Gasteiger partial charge >= 0.3 is 11.9 Å². The highest BCUT2D eigenvalue weighted by Gasteiger charge is 2.30. The van der Waals surface area contributed by atoms with Crippen LogP contribution in [0.1, 0.15) is 40.0 Å². The van der Waals surface area contributed by atoms with Crippen LogP contribution >= 0.6 is 0 Å². The minimum absolute atomic E-state index is 0.111. The van der Waals surface area contributed by atoms with Crippen molar-refractivity contribution in [3.05, 3.63) is 0 Å². The molecular formula is C17H30N4O8. The second-order valence-electron chi connectivity index (χ2n) is 6.75. The van der Waals surface area contributed by atoms with Crippen LogP contribution in [0.25, 0.3) is 0 Å². The third-order valence-corrected chi connectivity index (χ3v) is 4.33. The number of nitrogens with two attached hydrogens (primary N) is 1. The lowest BCUT2D eigenvalue weighted by molar-refractivity contribution is -0.145. The molecule has 0 aromatic carbocycles. The molecule has 166 valence electrons. The number of nitrogens with one attached hydrogen (secondary N) is 3. The van der Waals surface area contributed by atoms with Gasteiger partial charge in [-0.2, -0.15) is 0 Å². The van der Waals surface area contributed by atoms with E-state index in [0.717, 1.165) is 6.92 Å². The number of carbonyl (C=O) groups is 5. The number of carbonyl (C=O) groups excluding carboxylic acids is 3. The lowest BCUT2D eigenvalue weighted by atomic mass is 9.99. The number of aliphatic hydroxyl groups is 1. The zero-order valence-corrected chi connectivity index (χ0v) is 16.7. The molecule has 5 unspecified atom stereocenters. The first kappa shape index (κ1) is 26.3. The van der Waals surface area contributed by atoms with E-state index < -0.39 is 66.9 Å². The number of carboxylic acid groups (broad SMARTS) is 2. The van der Waals surface area contributed by atoms with Crippen molar-refractivity contribution in [2.24, 2.45) is 11.7 Å². The Morgan fingerprint density at radius 2 is 1.59 bits per heavy atom. The minimum atomic E-state index is -1.64. The Labute approximate surface area is 168 Å². The van der Waals surface area contributed by atoms with Crippen molar-refractivity contribution in [2.45, 2.75) is 64.3 Å². The molecule has 3 amide bonds. The smallest absolute Gasteiger partial charge is 0.328 e. The summed E-state index contributed by atoms with van der Waals surface area (Å²) >= 11 is 0. The largest absolute Gasteiger partial charge is 0.481 e. The molecule has 0 saturated heterocycles. The Morgan fingerprint density at radius 3 is 2.03 bits per heavy atom. The van der Waals surface area contributed by atoms with Crippen LogP contribution in [0.4, 0.5) is 0 Å². The average Bonchev–Trinajstić information content (AvgIpc) is 2.64. The van der Waals surface area contributed by atoms with E-state index in [4.69, 9.17) is 15.9 Å². The Morgan fingerprint density at radius 1 is 1.00 bits per heavy atom. The molecule has 8 N–H and O–H groups in total. The fourth-order valence-corrected chi connectivity index (χ4v) is 2.22. The number of hydrogen-bond acceptors (Lipinski definition) is 7. The lowest BCUT2D eigenvalue weighted by Gasteiger charge is -2.23. The van der Waals surface area contributed by atoms with Gasteiger partial charge in [-0.1, -0.05) is 20.3 Å². The molecule has 0 radical (unpaired) electrons. The summed E-state index contributed by atoms with van der Waals surface area (Å²) in [6.45, 7) is 4.28. The summed E-state index contributed by atoms with van der Waals surface area (Å²) < 4.78 is 0. The number of carboxylic acids is 2. The molecule has 0 aliphatic rings. The summed E-state index contributed by atoms with van der Waals surface area (Å²) in [5.41, 5.74) is 5.75. The second kappa shape index (κ2) is 12.7. The minimum Gasteiger partial charge on any atom is -0.481 e. The highest BCUT2D eigenvalue weighted by molar-refractivity contribution is 5.92. The Bertz CT molecular complexity index is 610. The fraction of sp³-hybridized carbons (Fsp3) is 0.706. The molecule has 0 fully saturated rings. The van der Waals surface area contributed by atoms with Crippen LogP contribution in [0.15, 0.2) is 0 Å². The summed E-state index contributed by atoms with van der Waals surface area (Å²) in [6, 6.07) is -3.83. The van der Waals surface area contributed by atoms with E-state index in [2.05, 4.69) is 10.6 Å². The predicted molar refractivity (Wildman–Crippen MR) is 100 cm³/mol. The normalized spacial score (nSPS) is 15.9. The molecule has 0 saturated carbocycles. The molecule has 0 heterocycles. The molecule has 0 rings (SSSR count). The molecule has 0 aliphatic heterocycles. The standard InChI is InChI=1S/C17H30N4O8/c1-4-8(2)13(18)16(27)19-7-11(23)20-10(5-6-12(24)25)15(26)21-14(9(3)22)17(28)29/h8-10,13-14,22H,4-7,18H2,1-3H3,(H,19,27)(H,20,23)(H,21,26)(H,24,25)(H,28,29). The first-order chi connectivity index (χ1) is 13.4. The first-order valence-electron chi connectivity index (χ1n) is 9.16. The summed E-state index contributed by atoms with van der Waals surface area (Å²) in [5.74, 6) is -5.15. The number of amides is 3. The van der Waals surface area contributed by atoms with Gasteiger partial charge in [-0.05, 0) is 19.3 Å². The predicted octanol–water partition coefficient (Wildman–Crippen LogP) is -2.22. The first-order valence-corrected chi connectivity index (χ1v) is 9.16. The maximum absolute atomic E-state index is 12.3. The van der Waals surface area contributed by atoms with Gasteiger partial charge in [0.2, 0.25) is 17.7 Å². The van der Waals surface area contributed by atoms with Gasteiger partial charge in [0.1, 0.15) is 6.04 Å². The zero-order valence-electron chi connectivity index (χ0n) is 16.7. The topological polar surface area (TPSA) is 208 Å². The maximum Gasteiger partial charge on any atom is 0.328 e. The van der Waals surface area contributed by atoms with E-state index in [9.17, 15) is 29.1 Å². The van der Waals surface area contributed by atoms with Gasteiger partial charge in [0.15, 0.2) is 6.04 Å². The van der Waals surface area contributed by atoms with Crippen molar-refractivity contribution in [1.29, 1.82) is 0 Å². The second-order valence-corrected chi connectivity index (χ2v) is 6.75. The highest BCUT2D eigenvalue weighted by Crippen LogP contribution is 2.05. The van der Waals surface area contributed by atoms with Gasteiger partial charge in [-0.3, -0.25) is 19.2 Å². The maximum atomic E-state index is 12.3. The van der Waals surface area contributed by atoms with Crippen molar-refractivity contribution < 1.29 is 39.3 Å². The lowest BCUT2D eigenvalue weighted by Crippen LogP contribution is -2.56. The third-order valence-electron chi connectivity index (χ3n) is 4.33. The Hall–Kier alpha value is -2.73. The fourth-order valence-electron chi connectivity index (χ4n) is 2.22. The van der Waals surface area contributed by atoms with Crippen LogP contribution in [0, 0.1) is 5.92 Å². The summed E-state index contributed by atoms with van der Waals surface area (Å²) in [7, 11) is 0. The molecular weight excluding hydrogens is 388 g/mol. The van der Waals surface area contributed by atoms with Crippen LogP contribution in [0.2, 0.25) is 0 Å². The Kier molecular flexibility index (Phi) is 11.5. The Balaban J connectivity index is 4.98. The monoisotopic (exact) mass is 418 g/mol. The molecule has 12 heteroatoms. The summed E-state index contributed by atoms with van der Waals surface area (Å²) in [4.78, 5) is 58.1. The molecule has 0 spiro atoms. The van der Waals surface area contributed by atoms with Crippen LogP contribution in [-0.2, 0) is 24.0 Å². The quantitative estimate of drug-likeness (QED) is 0.172. The zero-order chi connectivity index (χ0) is 22.7. The van der Waals surface area contributed by atoms with E-state index >= 15 is 0 Å². The molecule has 29 heavy (non-hydrogen) atoms. The van der Waals surface area contributed by atoms with Crippen molar-refractivity contribution in [2.75, 3.05) is 6.54 Å². The van der Waals surface area contributed by atoms with Gasteiger partial charge in [0.25, 0.3) is 0 Å². The van der Waals surface area contributed by atoms with Crippen LogP contribution < -0.4 is 21.7 Å².